The Morgan fingerprint density at radius 2 is 1.28 bits per heavy atom. The lowest BCUT2D eigenvalue weighted by molar-refractivity contribution is -0.314. The van der Waals surface area contributed by atoms with E-state index in [1.54, 1.807) is 0 Å². The maximum atomic E-state index is 12.8. The lowest BCUT2D eigenvalue weighted by atomic mass is 9.89. The molecule has 0 N–H and O–H groups in total. The minimum Gasteiger partial charge on any atom is -0.463 e. The molecular weight excluding hydrogens is 571 g/mol. The second-order valence-electron chi connectivity index (χ2n) is 11.0. The molecule has 0 saturated carbocycles. The van der Waals surface area contributed by atoms with E-state index in [1.165, 1.54) is 6.92 Å². The van der Waals surface area contributed by atoms with Crippen molar-refractivity contribution in [2.75, 3.05) is 6.61 Å². The molecule has 230 valence electrons. The van der Waals surface area contributed by atoms with Gasteiger partial charge in [0.25, 0.3) is 6.10 Å². The quantitative estimate of drug-likeness (QED) is 0.0974. The van der Waals surface area contributed by atoms with Crippen LogP contribution in [0.5, 0.6) is 0 Å². The van der Waals surface area contributed by atoms with Crippen LogP contribution in [0.15, 0.2) is 0 Å². The highest BCUT2D eigenvalue weighted by Crippen LogP contribution is 2.41. The number of hydrogen-bond donors (Lipinski definition) is 0. The van der Waals surface area contributed by atoms with Gasteiger partial charge in [-0.25, -0.2) is 0 Å². The summed E-state index contributed by atoms with van der Waals surface area (Å²) in [5, 5.41) is -0.0211. The molecular formula is C23H35F9O6Si. The molecule has 0 aromatic heterocycles. The molecule has 0 aliphatic heterocycles. The van der Waals surface area contributed by atoms with E-state index in [2.05, 4.69) is 43.0 Å². The molecule has 0 rings (SSSR count). The molecule has 0 radical (unpaired) electrons. The normalized spacial score (nSPS) is 15.9. The number of alkyl halides is 9. The van der Waals surface area contributed by atoms with Crippen molar-refractivity contribution in [2.45, 2.75) is 109 Å². The third kappa shape index (κ3) is 13.3. The summed E-state index contributed by atoms with van der Waals surface area (Å²) in [6, 6.07) is 0. The molecule has 0 spiro atoms. The van der Waals surface area contributed by atoms with Gasteiger partial charge in [0.15, 0.2) is 6.61 Å². The lowest BCUT2D eigenvalue weighted by Crippen LogP contribution is -2.47. The zero-order chi connectivity index (χ0) is 31.2. The van der Waals surface area contributed by atoms with E-state index in [-0.39, 0.29) is 11.5 Å². The molecule has 0 saturated heterocycles. The zero-order valence-corrected chi connectivity index (χ0v) is 23.7. The molecule has 39 heavy (non-hydrogen) atoms. The van der Waals surface area contributed by atoms with Gasteiger partial charge in [0, 0.05) is 14.5 Å². The number of carbonyl (C=O) groups is 3. The van der Waals surface area contributed by atoms with Gasteiger partial charge in [0.1, 0.15) is 0 Å². The summed E-state index contributed by atoms with van der Waals surface area (Å²) in [5.41, 5.74) is 0. The maximum Gasteiger partial charge on any atom is 0.434 e. The van der Waals surface area contributed by atoms with Crippen LogP contribution in [-0.4, -0.2) is 63.3 Å². The Labute approximate surface area is 221 Å². The van der Waals surface area contributed by atoms with Crippen molar-refractivity contribution in [2.24, 2.45) is 11.8 Å². The van der Waals surface area contributed by atoms with E-state index >= 15 is 0 Å². The van der Waals surface area contributed by atoms with Crippen molar-refractivity contribution in [3.63, 3.8) is 0 Å². The molecule has 0 amide bonds. The monoisotopic (exact) mass is 606 g/mol. The van der Waals surface area contributed by atoms with Crippen LogP contribution in [0.3, 0.4) is 0 Å². The van der Waals surface area contributed by atoms with Gasteiger partial charge in [-0.2, -0.15) is 39.5 Å². The van der Waals surface area contributed by atoms with Crippen LogP contribution >= 0.6 is 0 Å². The van der Waals surface area contributed by atoms with Crippen molar-refractivity contribution in [3.8, 4) is 0 Å². The van der Waals surface area contributed by atoms with Crippen molar-refractivity contribution < 1.29 is 68.1 Å². The van der Waals surface area contributed by atoms with Gasteiger partial charge in [-0.3, -0.25) is 14.4 Å². The Bertz CT molecular complexity index is 818. The van der Waals surface area contributed by atoms with Crippen LogP contribution in [-0.2, 0) is 28.6 Å². The van der Waals surface area contributed by atoms with Crippen molar-refractivity contribution in [1.29, 1.82) is 0 Å². The van der Waals surface area contributed by atoms with Gasteiger partial charge in [0.05, 0.1) is 17.9 Å². The highest BCUT2D eigenvalue weighted by atomic mass is 28.3. The van der Waals surface area contributed by atoms with Crippen LogP contribution in [0.25, 0.3) is 0 Å². The number of carbonyl (C=O) groups excluding carboxylic acids is 3. The number of ether oxygens (including phenoxy) is 3. The largest absolute Gasteiger partial charge is 0.463 e. The predicted molar refractivity (Wildman–Crippen MR) is 123 cm³/mol. The summed E-state index contributed by atoms with van der Waals surface area (Å²) in [6.45, 7) is 10.4. The van der Waals surface area contributed by atoms with Crippen LogP contribution < -0.4 is 0 Å². The molecule has 0 aromatic carbocycles. The summed E-state index contributed by atoms with van der Waals surface area (Å²) < 4.78 is 127. The third-order valence-electron chi connectivity index (χ3n) is 6.62. The fourth-order valence-electron chi connectivity index (χ4n) is 3.21. The third-order valence-corrected chi connectivity index (χ3v) is 10.9. The van der Waals surface area contributed by atoms with E-state index in [4.69, 9.17) is 4.74 Å². The van der Waals surface area contributed by atoms with Gasteiger partial charge < -0.3 is 14.2 Å². The van der Waals surface area contributed by atoms with Gasteiger partial charge in [-0.1, -0.05) is 40.4 Å². The van der Waals surface area contributed by atoms with Crippen molar-refractivity contribution >= 4 is 26.0 Å². The molecule has 0 bridgehead atoms. The van der Waals surface area contributed by atoms with Crippen LogP contribution in [0, 0.1) is 11.8 Å². The Hall–Kier alpha value is -2.00. The molecule has 0 heterocycles. The summed E-state index contributed by atoms with van der Waals surface area (Å²) in [6.07, 6.45) is -22.6. The average molecular weight is 607 g/mol. The topological polar surface area (TPSA) is 78.9 Å². The fourth-order valence-corrected chi connectivity index (χ4v) is 4.14. The first kappa shape index (κ1) is 37.0. The van der Waals surface area contributed by atoms with Crippen molar-refractivity contribution in [1.82, 2.24) is 0 Å². The average Bonchev–Trinajstić information content (AvgIpc) is 2.70. The second-order valence-corrected chi connectivity index (χ2v) is 16.9. The number of hydrogen-bond acceptors (Lipinski definition) is 6. The Kier molecular flexibility index (Phi) is 12.9. The van der Waals surface area contributed by atoms with Gasteiger partial charge in [-0.05, 0) is 31.2 Å². The molecule has 3 unspecified atom stereocenters. The standard InChI is InChI=1S/C23H35F9O6Si/c1-13(37-16(33)9-8-10-20(3,4)39(5,6)7)11-15(18(35)36-12-21(24,25)26)14(2)17(34)38-19(22(27,28)29)23(30,31)32/h13-15,19H,8-12H2,1-7H3. The zero-order valence-electron chi connectivity index (χ0n) is 22.7. The van der Waals surface area contributed by atoms with E-state index < -0.39 is 81.6 Å². The minimum absolute atomic E-state index is 0.0211. The molecule has 0 aliphatic carbocycles. The van der Waals surface area contributed by atoms with E-state index in [0.717, 1.165) is 0 Å². The molecule has 0 fully saturated rings. The summed E-state index contributed by atoms with van der Waals surface area (Å²) in [5.74, 6) is -8.78. The summed E-state index contributed by atoms with van der Waals surface area (Å²) >= 11 is 0. The van der Waals surface area contributed by atoms with Gasteiger partial charge in [0.2, 0.25) is 0 Å². The maximum absolute atomic E-state index is 12.8. The SMILES string of the molecule is CC(CC(C(=O)OCC(F)(F)F)C(C)C(=O)OC(C(F)(F)F)C(F)(F)F)OC(=O)CCCC(C)(C)[Si](C)(C)C. The Morgan fingerprint density at radius 1 is 0.795 bits per heavy atom. The Morgan fingerprint density at radius 3 is 1.69 bits per heavy atom. The number of halogens is 9. The summed E-state index contributed by atoms with van der Waals surface area (Å²) in [4.78, 5) is 36.7. The lowest BCUT2D eigenvalue weighted by Gasteiger charge is -2.37. The Balaban J connectivity index is 5.55. The molecule has 6 nitrogen and oxygen atoms in total. The van der Waals surface area contributed by atoms with E-state index in [1.807, 2.05) is 0 Å². The van der Waals surface area contributed by atoms with E-state index in [0.29, 0.717) is 19.8 Å². The van der Waals surface area contributed by atoms with Gasteiger partial charge >= 0.3 is 36.4 Å². The van der Waals surface area contributed by atoms with Crippen LogP contribution in [0.2, 0.25) is 24.7 Å². The number of rotatable bonds is 13. The molecule has 16 heteroatoms. The van der Waals surface area contributed by atoms with Crippen molar-refractivity contribution in [3.05, 3.63) is 0 Å². The number of esters is 3. The van der Waals surface area contributed by atoms with E-state index in [9.17, 15) is 53.9 Å². The van der Waals surface area contributed by atoms with Gasteiger partial charge in [-0.15, -0.1) is 0 Å². The predicted octanol–water partition coefficient (Wildman–Crippen LogP) is 6.99. The smallest absolute Gasteiger partial charge is 0.434 e. The summed E-state index contributed by atoms with van der Waals surface area (Å²) in [7, 11) is -1.57. The highest BCUT2D eigenvalue weighted by Gasteiger charge is 2.60. The molecule has 0 aliphatic rings. The second kappa shape index (κ2) is 13.6. The molecule has 3 atom stereocenters. The first-order valence-electron chi connectivity index (χ1n) is 12.0. The molecule has 0 aromatic rings. The van der Waals surface area contributed by atoms with Crippen LogP contribution in [0.1, 0.15) is 53.4 Å². The minimum atomic E-state index is -6.05. The first-order chi connectivity index (χ1) is 17.2. The highest BCUT2D eigenvalue weighted by molar-refractivity contribution is 6.79. The van der Waals surface area contributed by atoms with Crippen LogP contribution in [0.4, 0.5) is 39.5 Å². The fraction of sp³-hybridized carbons (Fsp3) is 0.870. The first-order valence-corrected chi connectivity index (χ1v) is 15.5.